The Balaban J connectivity index is 1.47. The molecule has 1 aliphatic carbocycles. The number of thiazole rings is 1. The Bertz CT molecular complexity index is 652. The molecule has 0 saturated carbocycles. The maximum absolute atomic E-state index is 4.90. The van der Waals surface area contributed by atoms with Crippen LogP contribution in [-0.4, -0.2) is 29.0 Å². The summed E-state index contributed by atoms with van der Waals surface area (Å²) < 4.78 is 0. The molecule has 1 fully saturated rings. The van der Waals surface area contributed by atoms with E-state index in [9.17, 15) is 0 Å². The first kappa shape index (κ1) is 15.2. The lowest BCUT2D eigenvalue weighted by molar-refractivity contribution is 0.0911. The number of fused-ring (bicyclic) bond motifs is 2. The molecule has 23 heavy (non-hydrogen) atoms. The second kappa shape index (κ2) is 6.62. The lowest BCUT2D eigenvalue weighted by Crippen LogP contribution is -2.48. The Kier molecular flexibility index (Phi) is 4.36. The minimum absolute atomic E-state index is 0.753. The van der Waals surface area contributed by atoms with Crippen LogP contribution in [0.2, 0.25) is 0 Å². The Labute approximate surface area is 142 Å². The van der Waals surface area contributed by atoms with Gasteiger partial charge in [0.2, 0.25) is 0 Å². The van der Waals surface area contributed by atoms with Crippen LogP contribution in [0.3, 0.4) is 0 Å². The number of likely N-dealkylation sites (N-methyl/N-ethyl adjacent to an activating group) is 1. The molecule has 0 bridgehead atoms. The molecule has 4 heteroatoms. The van der Waals surface area contributed by atoms with Crippen molar-refractivity contribution in [2.24, 2.45) is 5.92 Å². The number of piperidine rings is 1. The normalized spacial score (nSPS) is 24.0. The third-order valence-electron chi connectivity index (χ3n) is 5.35. The van der Waals surface area contributed by atoms with Gasteiger partial charge in [-0.25, -0.2) is 4.98 Å². The molecule has 1 aromatic heterocycles. The van der Waals surface area contributed by atoms with Gasteiger partial charge >= 0.3 is 0 Å². The van der Waals surface area contributed by atoms with Crippen LogP contribution in [0, 0.1) is 5.92 Å². The zero-order valence-electron chi connectivity index (χ0n) is 13.8. The molecule has 0 spiro atoms. The zero-order valence-corrected chi connectivity index (χ0v) is 14.6. The average Bonchev–Trinajstić information content (AvgIpc) is 3.00. The standard InChI is InChI=1S/C19H25N3S/c1-2-22-10-6-9-15-11-16-18(12-17(15)22)23-19(21-16)20-13-14-7-4-3-5-8-14/h3-5,7-8,15,17H,2,6,9-13H2,1H3,(H,20,21)/t15-,17-/m1/s1. The van der Waals surface area contributed by atoms with Crippen LogP contribution in [0.1, 0.15) is 35.9 Å². The molecular weight excluding hydrogens is 302 g/mol. The van der Waals surface area contributed by atoms with Crippen LogP contribution in [-0.2, 0) is 19.4 Å². The average molecular weight is 327 g/mol. The predicted molar refractivity (Wildman–Crippen MR) is 97.0 cm³/mol. The maximum Gasteiger partial charge on any atom is 0.183 e. The van der Waals surface area contributed by atoms with Crippen LogP contribution in [0.25, 0.3) is 0 Å². The molecule has 1 aromatic carbocycles. The molecule has 1 N–H and O–H groups in total. The SMILES string of the molecule is CCN1CCC[C@@H]2Cc3nc(NCc4ccccc4)sc3C[C@H]21. The van der Waals surface area contributed by atoms with E-state index in [0.717, 1.165) is 23.6 Å². The quantitative estimate of drug-likeness (QED) is 0.921. The summed E-state index contributed by atoms with van der Waals surface area (Å²) in [5.41, 5.74) is 2.68. The highest BCUT2D eigenvalue weighted by molar-refractivity contribution is 7.15. The van der Waals surface area contributed by atoms with Gasteiger partial charge in [-0.05, 0) is 50.3 Å². The van der Waals surface area contributed by atoms with Gasteiger partial charge in [-0.3, -0.25) is 0 Å². The molecule has 4 rings (SSSR count). The van der Waals surface area contributed by atoms with Crippen molar-refractivity contribution in [1.29, 1.82) is 0 Å². The fraction of sp³-hybridized carbons (Fsp3) is 0.526. The minimum atomic E-state index is 0.753. The summed E-state index contributed by atoms with van der Waals surface area (Å²) in [4.78, 5) is 9.10. The van der Waals surface area contributed by atoms with E-state index in [-0.39, 0.29) is 0 Å². The largest absolute Gasteiger partial charge is 0.357 e. The highest BCUT2D eigenvalue weighted by Gasteiger charge is 2.36. The number of hydrogen-bond donors (Lipinski definition) is 1. The third kappa shape index (κ3) is 3.15. The molecule has 2 heterocycles. The van der Waals surface area contributed by atoms with Crippen molar-refractivity contribution in [2.45, 2.75) is 45.2 Å². The maximum atomic E-state index is 4.90. The van der Waals surface area contributed by atoms with E-state index in [1.165, 1.54) is 54.9 Å². The van der Waals surface area contributed by atoms with Crippen molar-refractivity contribution >= 4 is 16.5 Å². The van der Waals surface area contributed by atoms with Gasteiger partial charge in [0.1, 0.15) is 0 Å². The van der Waals surface area contributed by atoms with E-state index in [2.05, 4.69) is 47.5 Å². The van der Waals surface area contributed by atoms with Crippen LogP contribution in [0.4, 0.5) is 5.13 Å². The Hall–Kier alpha value is -1.39. The van der Waals surface area contributed by atoms with Crippen LogP contribution < -0.4 is 5.32 Å². The lowest BCUT2D eigenvalue weighted by atomic mass is 9.79. The van der Waals surface area contributed by atoms with Crippen molar-refractivity contribution in [3.63, 3.8) is 0 Å². The molecule has 1 saturated heterocycles. The zero-order chi connectivity index (χ0) is 15.6. The van der Waals surface area contributed by atoms with Gasteiger partial charge in [0, 0.05) is 17.5 Å². The van der Waals surface area contributed by atoms with E-state index in [1.807, 2.05) is 11.3 Å². The number of rotatable bonds is 4. The summed E-state index contributed by atoms with van der Waals surface area (Å²) in [5.74, 6) is 0.820. The Morgan fingerprint density at radius 3 is 2.96 bits per heavy atom. The molecule has 1 aliphatic heterocycles. The minimum Gasteiger partial charge on any atom is -0.357 e. The molecule has 3 nitrogen and oxygen atoms in total. The summed E-state index contributed by atoms with van der Waals surface area (Å²) in [5, 5.41) is 4.62. The van der Waals surface area contributed by atoms with Crippen molar-refractivity contribution in [3.8, 4) is 0 Å². The molecule has 2 aromatic rings. The van der Waals surface area contributed by atoms with E-state index >= 15 is 0 Å². The van der Waals surface area contributed by atoms with Crippen molar-refractivity contribution in [2.75, 3.05) is 18.4 Å². The predicted octanol–water partition coefficient (Wildman–Crippen LogP) is 3.95. The second-order valence-electron chi connectivity index (χ2n) is 6.73. The molecule has 0 radical (unpaired) electrons. The highest BCUT2D eigenvalue weighted by atomic mass is 32.1. The van der Waals surface area contributed by atoms with Crippen molar-refractivity contribution < 1.29 is 0 Å². The van der Waals surface area contributed by atoms with Gasteiger partial charge in [0.15, 0.2) is 5.13 Å². The van der Waals surface area contributed by atoms with Crippen LogP contribution in [0.15, 0.2) is 30.3 Å². The van der Waals surface area contributed by atoms with E-state index in [0.29, 0.717) is 0 Å². The van der Waals surface area contributed by atoms with E-state index in [1.54, 1.807) is 0 Å². The summed E-state index contributed by atoms with van der Waals surface area (Å²) in [6.45, 7) is 5.64. The highest BCUT2D eigenvalue weighted by Crippen LogP contribution is 2.38. The van der Waals surface area contributed by atoms with E-state index in [4.69, 9.17) is 4.98 Å². The molecule has 0 unspecified atom stereocenters. The smallest absolute Gasteiger partial charge is 0.183 e. The topological polar surface area (TPSA) is 28.2 Å². The van der Waals surface area contributed by atoms with Crippen LogP contribution in [0.5, 0.6) is 0 Å². The summed E-state index contributed by atoms with van der Waals surface area (Å²) in [6, 6.07) is 11.3. The third-order valence-corrected chi connectivity index (χ3v) is 6.43. The molecule has 2 atom stereocenters. The molecule has 2 aliphatic rings. The number of benzene rings is 1. The number of nitrogens with zero attached hydrogens (tertiary/aromatic N) is 2. The van der Waals surface area contributed by atoms with Gasteiger partial charge < -0.3 is 10.2 Å². The number of aromatic nitrogens is 1. The fourth-order valence-corrected chi connectivity index (χ4v) is 5.16. The van der Waals surface area contributed by atoms with Gasteiger partial charge in [-0.15, -0.1) is 11.3 Å². The van der Waals surface area contributed by atoms with Crippen LogP contribution >= 0.6 is 11.3 Å². The van der Waals surface area contributed by atoms with Gasteiger partial charge in [-0.2, -0.15) is 0 Å². The van der Waals surface area contributed by atoms with Gasteiger partial charge in [-0.1, -0.05) is 37.3 Å². The number of hydrogen-bond acceptors (Lipinski definition) is 4. The summed E-state index contributed by atoms with van der Waals surface area (Å²) in [7, 11) is 0. The van der Waals surface area contributed by atoms with Crippen molar-refractivity contribution in [3.05, 3.63) is 46.5 Å². The summed E-state index contributed by atoms with van der Waals surface area (Å²) >= 11 is 1.87. The second-order valence-corrected chi connectivity index (χ2v) is 7.82. The first-order chi connectivity index (χ1) is 11.3. The number of anilines is 1. The fourth-order valence-electron chi connectivity index (χ4n) is 4.13. The van der Waals surface area contributed by atoms with Crippen molar-refractivity contribution in [1.82, 2.24) is 9.88 Å². The van der Waals surface area contributed by atoms with Gasteiger partial charge in [0.25, 0.3) is 0 Å². The first-order valence-corrected chi connectivity index (χ1v) is 9.65. The first-order valence-electron chi connectivity index (χ1n) is 8.84. The molecular formula is C19H25N3S. The molecule has 0 amide bonds. The van der Waals surface area contributed by atoms with Gasteiger partial charge in [0.05, 0.1) is 5.69 Å². The summed E-state index contributed by atoms with van der Waals surface area (Å²) in [6.07, 6.45) is 5.12. The number of likely N-dealkylation sites (tertiary alicyclic amines) is 1. The lowest BCUT2D eigenvalue weighted by Gasteiger charge is -2.43. The molecule has 122 valence electrons. The Morgan fingerprint density at radius 1 is 1.26 bits per heavy atom. The Morgan fingerprint density at radius 2 is 2.13 bits per heavy atom. The number of nitrogens with one attached hydrogen (secondary N) is 1. The van der Waals surface area contributed by atoms with E-state index < -0.39 is 0 Å². The monoisotopic (exact) mass is 327 g/mol.